The van der Waals surface area contributed by atoms with Crippen LogP contribution in [-0.4, -0.2) is 35.9 Å². The first kappa shape index (κ1) is 17.7. The Bertz CT molecular complexity index is 419. The topological polar surface area (TPSA) is 58.6 Å². The maximum Gasteiger partial charge on any atom is 0.323 e. The fourth-order valence-electron chi connectivity index (χ4n) is 2.28. The van der Waals surface area contributed by atoms with Gasteiger partial charge in [0.25, 0.3) is 0 Å². The molecule has 0 radical (unpaired) electrons. The quantitative estimate of drug-likeness (QED) is 0.651. The lowest BCUT2D eigenvalue weighted by atomic mass is 9.97. The summed E-state index contributed by atoms with van der Waals surface area (Å²) in [5.74, 6) is -0.830. The van der Waals surface area contributed by atoms with Crippen LogP contribution >= 0.6 is 0 Å². The van der Waals surface area contributed by atoms with Crippen molar-refractivity contribution < 1.29 is 14.6 Å². The predicted octanol–water partition coefficient (Wildman–Crippen LogP) is 2.87. The number of carboxylic acids is 1. The minimum atomic E-state index is -0.923. The van der Waals surface area contributed by atoms with Gasteiger partial charge in [-0.15, -0.1) is 0 Å². The van der Waals surface area contributed by atoms with E-state index in [0.29, 0.717) is 19.6 Å². The van der Waals surface area contributed by atoms with Crippen molar-refractivity contribution in [1.82, 2.24) is 5.32 Å². The van der Waals surface area contributed by atoms with Crippen molar-refractivity contribution in [3.63, 3.8) is 0 Å². The van der Waals surface area contributed by atoms with E-state index in [1.807, 2.05) is 32.0 Å². The molecule has 0 saturated carbocycles. The lowest BCUT2D eigenvalue weighted by Gasteiger charge is -2.28. The molecule has 1 rings (SSSR count). The number of carbonyl (C=O) groups is 1. The van der Waals surface area contributed by atoms with Crippen LogP contribution in [0.15, 0.2) is 30.3 Å². The molecule has 0 aromatic heterocycles. The van der Waals surface area contributed by atoms with Crippen LogP contribution in [0, 0.1) is 0 Å². The zero-order valence-electron chi connectivity index (χ0n) is 13.3. The number of aryl methyl sites for hydroxylation is 1. The first-order valence-corrected chi connectivity index (χ1v) is 7.57. The highest BCUT2D eigenvalue weighted by atomic mass is 16.5. The van der Waals surface area contributed by atoms with Crippen molar-refractivity contribution in [3.8, 4) is 0 Å². The van der Waals surface area contributed by atoms with E-state index in [-0.39, 0.29) is 6.04 Å². The van der Waals surface area contributed by atoms with Crippen molar-refractivity contribution in [2.24, 2.45) is 0 Å². The number of hydrogen-bond acceptors (Lipinski definition) is 3. The summed E-state index contributed by atoms with van der Waals surface area (Å²) in [5, 5.41) is 12.4. The molecule has 0 heterocycles. The van der Waals surface area contributed by atoms with E-state index in [1.54, 1.807) is 6.92 Å². The number of carboxylic acid groups (broad SMARTS) is 1. The Morgan fingerprint density at radius 1 is 1.29 bits per heavy atom. The number of aliphatic carboxylic acids is 1. The Morgan fingerprint density at radius 3 is 2.52 bits per heavy atom. The maximum atomic E-state index is 11.3. The zero-order valence-corrected chi connectivity index (χ0v) is 13.3. The van der Waals surface area contributed by atoms with Crippen LogP contribution in [0.4, 0.5) is 0 Å². The van der Waals surface area contributed by atoms with E-state index >= 15 is 0 Å². The Morgan fingerprint density at radius 2 is 1.95 bits per heavy atom. The summed E-state index contributed by atoms with van der Waals surface area (Å²) in [6, 6.07) is 10.4. The van der Waals surface area contributed by atoms with Gasteiger partial charge in [0, 0.05) is 19.3 Å². The summed E-state index contributed by atoms with van der Waals surface area (Å²) in [4.78, 5) is 11.3. The molecular weight excluding hydrogens is 266 g/mol. The molecule has 2 N–H and O–H groups in total. The molecule has 0 amide bonds. The van der Waals surface area contributed by atoms with Crippen LogP contribution in [0.2, 0.25) is 0 Å². The standard InChI is InChI=1S/C17H27NO3/c1-14(2)18-17(3,16(19)20)11-13-21-12-7-10-15-8-5-4-6-9-15/h4-6,8-9,14,18H,7,10-13H2,1-3H3,(H,19,20). The lowest BCUT2D eigenvalue weighted by Crippen LogP contribution is -2.53. The Balaban J connectivity index is 2.21. The lowest BCUT2D eigenvalue weighted by molar-refractivity contribution is -0.145. The SMILES string of the molecule is CC(C)NC(C)(CCOCCCc1ccccc1)C(=O)O. The van der Waals surface area contributed by atoms with E-state index < -0.39 is 11.5 Å². The molecule has 4 nitrogen and oxygen atoms in total. The third-order valence-corrected chi connectivity index (χ3v) is 3.42. The highest BCUT2D eigenvalue weighted by Crippen LogP contribution is 2.12. The second-order valence-corrected chi connectivity index (χ2v) is 5.89. The average Bonchev–Trinajstić information content (AvgIpc) is 2.43. The van der Waals surface area contributed by atoms with Gasteiger partial charge in [-0.05, 0) is 45.6 Å². The molecule has 0 aliphatic rings. The van der Waals surface area contributed by atoms with Gasteiger partial charge in [0.05, 0.1) is 0 Å². The first-order chi connectivity index (χ1) is 9.94. The van der Waals surface area contributed by atoms with Crippen LogP contribution in [0.25, 0.3) is 0 Å². The Hall–Kier alpha value is -1.39. The second-order valence-electron chi connectivity index (χ2n) is 5.89. The molecular formula is C17H27NO3. The summed E-state index contributed by atoms with van der Waals surface area (Å²) in [7, 11) is 0. The van der Waals surface area contributed by atoms with Crippen molar-refractivity contribution in [2.45, 2.75) is 51.6 Å². The van der Waals surface area contributed by atoms with E-state index in [9.17, 15) is 9.90 Å². The third kappa shape index (κ3) is 6.74. The van der Waals surface area contributed by atoms with E-state index in [4.69, 9.17) is 4.74 Å². The van der Waals surface area contributed by atoms with Gasteiger partial charge in [0.1, 0.15) is 5.54 Å². The Labute approximate surface area is 127 Å². The summed E-state index contributed by atoms with van der Waals surface area (Å²) in [6.07, 6.45) is 2.40. The van der Waals surface area contributed by atoms with E-state index in [0.717, 1.165) is 12.8 Å². The molecule has 0 aliphatic heterocycles. The van der Waals surface area contributed by atoms with Gasteiger partial charge in [-0.3, -0.25) is 10.1 Å². The highest BCUT2D eigenvalue weighted by molar-refractivity contribution is 5.78. The molecule has 0 bridgehead atoms. The van der Waals surface area contributed by atoms with Crippen molar-refractivity contribution in [3.05, 3.63) is 35.9 Å². The van der Waals surface area contributed by atoms with Crippen LogP contribution < -0.4 is 5.32 Å². The molecule has 118 valence electrons. The van der Waals surface area contributed by atoms with Gasteiger partial charge < -0.3 is 9.84 Å². The summed E-state index contributed by atoms with van der Waals surface area (Å²) in [5.41, 5.74) is 0.381. The summed E-state index contributed by atoms with van der Waals surface area (Å²) < 4.78 is 5.58. The molecule has 0 aliphatic carbocycles. The van der Waals surface area contributed by atoms with Gasteiger partial charge >= 0.3 is 5.97 Å². The number of nitrogens with one attached hydrogen (secondary N) is 1. The normalized spacial score (nSPS) is 14.1. The van der Waals surface area contributed by atoms with Crippen LogP contribution in [0.5, 0.6) is 0 Å². The van der Waals surface area contributed by atoms with Gasteiger partial charge in [0.2, 0.25) is 0 Å². The third-order valence-electron chi connectivity index (χ3n) is 3.42. The predicted molar refractivity (Wildman–Crippen MR) is 84.5 cm³/mol. The number of rotatable bonds is 10. The summed E-state index contributed by atoms with van der Waals surface area (Å²) >= 11 is 0. The zero-order chi connectivity index (χ0) is 15.7. The van der Waals surface area contributed by atoms with Gasteiger partial charge in [-0.2, -0.15) is 0 Å². The molecule has 1 atom stereocenters. The Kier molecular flexibility index (Phi) is 7.40. The van der Waals surface area contributed by atoms with E-state index in [1.165, 1.54) is 5.56 Å². The summed E-state index contributed by atoms with van der Waals surface area (Å²) in [6.45, 7) is 6.72. The molecule has 1 aromatic carbocycles. The molecule has 1 unspecified atom stereocenters. The number of hydrogen-bond donors (Lipinski definition) is 2. The minimum Gasteiger partial charge on any atom is -0.480 e. The van der Waals surface area contributed by atoms with Gasteiger partial charge in [0.15, 0.2) is 0 Å². The van der Waals surface area contributed by atoms with Gasteiger partial charge in [-0.1, -0.05) is 30.3 Å². The number of benzene rings is 1. The van der Waals surface area contributed by atoms with Gasteiger partial charge in [-0.25, -0.2) is 0 Å². The molecule has 21 heavy (non-hydrogen) atoms. The maximum absolute atomic E-state index is 11.3. The molecule has 0 spiro atoms. The van der Waals surface area contributed by atoms with Crippen LogP contribution in [0.3, 0.4) is 0 Å². The van der Waals surface area contributed by atoms with E-state index in [2.05, 4.69) is 17.4 Å². The first-order valence-electron chi connectivity index (χ1n) is 7.57. The monoisotopic (exact) mass is 293 g/mol. The van der Waals surface area contributed by atoms with Crippen molar-refractivity contribution >= 4 is 5.97 Å². The minimum absolute atomic E-state index is 0.129. The largest absolute Gasteiger partial charge is 0.480 e. The van der Waals surface area contributed by atoms with Crippen molar-refractivity contribution in [2.75, 3.05) is 13.2 Å². The second kappa shape index (κ2) is 8.80. The van der Waals surface area contributed by atoms with Crippen LogP contribution in [0.1, 0.15) is 39.2 Å². The van der Waals surface area contributed by atoms with Crippen LogP contribution in [-0.2, 0) is 16.0 Å². The molecule has 0 saturated heterocycles. The molecule has 1 aromatic rings. The molecule has 0 fully saturated rings. The average molecular weight is 293 g/mol. The highest BCUT2D eigenvalue weighted by Gasteiger charge is 2.32. The number of ether oxygens (including phenoxy) is 1. The smallest absolute Gasteiger partial charge is 0.323 e. The molecule has 4 heteroatoms. The fraction of sp³-hybridized carbons (Fsp3) is 0.588. The van der Waals surface area contributed by atoms with Crippen molar-refractivity contribution in [1.29, 1.82) is 0 Å². The fourth-order valence-corrected chi connectivity index (χ4v) is 2.28.